The van der Waals surface area contributed by atoms with Gasteiger partial charge in [-0.15, -0.1) is 0 Å². The molecule has 0 N–H and O–H groups in total. The number of nitrogens with zero attached hydrogens (tertiary/aromatic N) is 2. The zero-order valence-electron chi connectivity index (χ0n) is 13.0. The summed E-state index contributed by atoms with van der Waals surface area (Å²) in [5.74, 6) is -0.305. The Morgan fingerprint density at radius 3 is 2.62 bits per heavy atom. The zero-order valence-corrected chi connectivity index (χ0v) is 13.0. The van der Waals surface area contributed by atoms with Crippen molar-refractivity contribution < 1.29 is 14.5 Å². The highest BCUT2D eigenvalue weighted by molar-refractivity contribution is 5.98. The topological polar surface area (TPSA) is 72.7 Å². The van der Waals surface area contributed by atoms with Gasteiger partial charge in [0.1, 0.15) is 0 Å². The Morgan fingerprint density at radius 2 is 2.14 bits per heavy atom. The number of hydrogen-bond donors (Lipinski definition) is 0. The Labute approximate surface area is 124 Å². The van der Waals surface area contributed by atoms with Gasteiger partial charge in [0.25, 0.3) is 5.69 Å². The number of carbonyl (C=O) groups is 1. The van der Waals surface area contributed by atoms with E-state index in [0.717, 1.165) is 12.1 Å². The van der Waals surface area contributed by atoms with Crippen molar-refractivity contribution in [1.29, 1.82) is 0 Å². The van der Waals surface area contributed by atoms with Gasteiger partial charge in [-0.05, 0) is 32.4 Å². The van der Waals surface area contributed by atoms with E-state index in [1.54, 1.807) is 13.2 Å². The van der Waals surface area contributed by atoms with E-state index in [4.69, 9.17) is 4.74 Å². The molecular weight excluding hydrogens is 272 g/mol. The van der Waals surface area contributed by atoms with Crippen molar-refractivity contribution in [2.45, 2.75) is 33.2 Å². The summed E-state index contributed by atoms with van der Waals surface area (Å²) < 4.78 is 5.10. The Hall–Kier alpha value is -1.95. The molecule has 0 fully saturated rings. The molecule has 21 heavy (non-hydrogen) atoms. The van der Waals surface area contributed by atoms with Crippen LogP contribution in [0.15, 0.2) is 18.2 Å². The van der Waals surface area contributed by atoms with Crippen molar-refractivity contribution in [3.8, 4) is 0 Å². The van der Waals surface area contributed by atoms with Crippen LogP contribution in [0.2, 0.25) is 0 Å². The molecule has 0 aliphatic heterocycles. The fourth-order valence-electron chi connectivity index (χ4n) is 2.16. The lowest BCUT2D eigenvalue weighted by molar-refractivity contribution is -0.385. The largest absolute Gasteiger partial charge is 0.383 e. The number of hydrogen-bond acceptors (Lipinski definition) is 5. The average Bonchev–Trinajstić information content (AvgIpc) is 2.46. The SMILES string of the molecule is CCC(C)N(CCOC)c1ccc(C(C)=O)c([N+](=O)[O-])c1. The van der Waals surface area contributed by atoms with Gasteiger partial charge in [-0.1, -0.05) is 6.92 Å². The number of benzene rings is 1. The van der Waals surface area contributed by atoms with Gasteiger partial charge in [0.05, 0.1) is 17.1 Å². The highest BCUT2D eigenvalue weighted by Gasteiger charge is 2.21. The molecule has 1 atom stereocenters. The summed E-state index contributed by atoms with van der Waals surface area (Å²) in [6, 6.07) is 4.98. The van der Waals surface area contributed by atoms with Crippen LogP contribution in [0, 0.1) is 10.1 Å². The highest BCUT2D eigenvalue weighted by atomic mass is 16.6. The normalized spacial score (nSPS) is 12.0. The number of ether oxygens (including phenoxy) is 1. The molecule has 0 aliphatic rings. The Bertz CT molecular complexity index is 516. The van der Waals surface area contributed by atoms with Gasteiger partial charge in [-0.3, -0.25) is 14.9 Å². The molecule has 0 aromatic heterocycles. The molecular formula is C15H22N2O4. The van der Waals surface area contributed by atoms with Crippen LogP contribution in [-0.2, 0) is 4.74 Å². The summed E-state index contributed by atoms with van der Waals surface area (Å²) in [6.45, 7) is 6.62. The summed E-state index contributed by atoms with van der Waals surface area (Å²) >= 11 is 0. The van der Waals surface area contributed by atoms with Crippen LogP contribution in [0.4, 0.5) is 11.4 Å². The van der Waals surface area contributed by atoms with Crippen molar-refractivity contribution in [3.63, 3.8) is 0 Å². The minimum absolute atomic E-state index is 0.139. The maximum absolute atomic E-state index is 11.5. The Morgan fingerprint density at radius 1 is 1.48 bits per heavy atom. The third kappa shape index (κ3) is 4.26. The molecule has 1 aromatic carbocycles. The van der Waals surface area contributed by atoms with E-state index in [1.165, 1.54) is 19.1 Å². The minimum atomic E-state index is -0.509. The zero-order chi connectivity index (χ0) is 16.0. The number of nitro benzene ring substituents is 1. The molecule has 0 heterocycles. The molecule has 0 bridgehead atoms. The Kier molecular flexibility index (Phi) is 6.30. The van der Waals surface area contributed by atoms with Gasteiger partial charge in [0.15, 0.2) is 5.78 Å². The number of methoxy groups -OCH3 is 1. The third-order valence-corrected chi connectivity index (χ3v) is 3.55. The van der Waals surface area contributed by atoms with Gasteiger partial charge in [0.2, 0.25) is 0 Å². The van der Waals surface area contributed by atoms with E-state index in [9.17, 15) is 14.9 Å². The first-order valence-corrected chi connectivity index (χ1v) is 6.97. The van der Waals surface area contributed by atoms with E-state index in [-0.39, 0.29) is 23.1 Å². The monoisotopic (exact) mass is 294 g/mol. The smallest absolute Gasteiger partial charge is 0.282 e. The summed E-state index contributed by atoms with van der Waals surface area (Å²) in [5.41, 5.74) is 0.725. The van der Waals surface area contributed by atoms with Gasteiger partial charge >= 0.3 is 0 Å². The lowest BCUT2D eigenvalue weighted by atomic mass is 10.1. The molecule has 0 saturated heterocycles. The Balaban J connectivity index is 3.23. The minimum Gasteiger partial charge on any atom is -0.383 e. The molecule has 0 saturated carbocycles. The second-order valence-electron chi connectivity index (χ2n) is 4.96. The van der Waals surface area contributed by atoms with Gasteiger partial charge in [0, 0.05) is 31.5 Å². The number of ketones is 1. The van der Waals surface area contributed by atoms with E-state index < -0.39 is 4.92 Å². The van der Waals surface area contributed by atoms with Crippen LogP contribution in [0.25, 0.3) is 0 Å². The van der Waals surface area contributed by atoms with Gasteiger partial charge in [-0.25, -0.2) is 0 Å². The van der Waals surface area contributed by atoms with Gasteiger partial charge in [-0.2, -0.15) is 0 Å². The van der Waals surface area contributed by atoms with Crippen molar-refractivity contribution in [2.24, 2.45) is 0 Å². The summed E-state index contributed by atoms with van der Waals surface area (Å²) in [4.78, 5) is 24.2. The molecule has 6 nitrogen and oxygen atoms in total. The van der Waals surface area contributed by atoms with Crippen molar-refractivity contribution >= 4 is 17.2 Å². The molecule has 1 rings (SSSR count). The number of carbonyl (C=O) groups excluding carboxylic acids is 1. The second-order valence-corrected chi connectivity index (χ2v) is 4.96. The second kappa shape index (κ2) is 7.73. The van der Waals surface area contributed by atoms with E-state index in [2.05, 4.69) is 18.7 Å². The van der Waals surface area contributed by atoms with Crippen molar-refractivity contribution in [2.75, 3.05) is 25.2 Å². The number of rotatable bonds is 8. The number of nitro groups is 1. The molecule has 1 unspecified atom stereocenters. The third-order valence-electron chi connectivity index (χ3n) is 3.55. The molecule has 0 spiro atoms. The first-order valence-electron chi connectivity index (χ1n) is 6.97. The molecule has 0 radical (unpaired) electrons. The average molecular weight is 294 g/mol. The predicted molar refractivity (Wildman–Crippen MR) is 82.1 cm³/mol. The fourth-order valence-corrected chi connectivity index (χ4v) is 2.16. The summed E-state index contributed by atoms with van der Waals surface area (Å²) in [6.07, 6.45) is 0.909. The van der Waals surface area contributed by atoms with Crippen LogP contribution < -0.4 is 4.90 Å². The van der Waals surface area contributed by atoms with E-state index in [1.807, 2.05) is 0 Å². The first kappa shape index (κ1) is 17.1. The van der Waals surface area contributed by atoms with Crippen LogP contribution in [-0.4, -0.2) is 37.0 Å². The van der Waals surface area contributed by atoms with E-state index in [0.29, 0.717) is 13.2 Å². The predicted octanol–water partition coefficient (Wildman–Crippen LogP) is 3.05. The number of Topliss-reactive ketones (excluding diaryl/α,β-unsaturated/α-hetero) is 1. The lowest BCUT2D eigenvalue weighted by Gasteiger charge is -2.30. The maximum atomic E-state index is 11.5. The molecule has 1 aromatic rings. The van der Waals surface area contributed by atoms with Crippen LogP contribution in [0.1, 0.15) is 37.6 Å². The van der Waals surface area contributed by atoms with Crippen LogP contribution in [0.3, 0.4) is 0 Å². The highest BCUT2D eigenvalue weighted by Crippen LogP contribution is 2.27. The van der Waals surface area contributed by atoms with Crippen molar-refractivity contribution in [1.82, 2.24) is 0 Å². The molecule has 0 aliphatic carbocycles. The first-order chi connectivity index (χ1) is 9.92. The molecule has 116 valence electrons. The van der Waals surface area contributed by atoms with Crippen LogP contribution in [0.5, 0.6) is 0 Å². The van der Waals surface area contributed by atoms with Crippen LogP contribution >= 0.6 is 0 Å². The number of anilines is 1. The summed E-state index contributed by atoms with van der Waals surface area (Å²) in [5, 5.41) is 11.2. The molecule has 0 amide bonds. The fraction of sp³-hybridized carbons (Fsp3) is 0.533. The van der Waals surface area contributed by atoms with Crippen molar-refractivity contribution in [3.05, 3.63) is 33.9 Å². The van der Waals surface area contributed by atoms with E-state index >= 15 is 0 Å². The maximum Gasteiger partial charge on any atom is 0.282 e. The quantitative estimate of drug-likeness (QED) is 0.418. The van der Waals surface area contributed by atoms with Gasteiger partial charge < -0.3 is 9.64 Å². The lowest BCUT2D eigenvalue weighted by Crippen LogP contribution is -2.35. The molecule has 6 heteroatoms. The summed E-state index contributed by atoms with van der Waals surface area (Å²) in [7, 11) is 1.62. The standard InChI is InChI=1S/C15H22N2O4/c1-5-11(2)16(8-9-21-4)13-6-7-14(12(3)18)15(10-13)17(19)20/h6-7,10-11H,5,8-9H2,1-4H3.